The molecule has 0 aliphatic rings. The van der Waals surface area contributed by atoms with Crippen molar-refractivity contribution >= 4 is 15.7 Å². The SMILES string of the molecule is Cc1cc(C)cc(-c2cc(F)c(F)cc2NS(=O)(=O)c2ccccc2)c1. The molecule has 0 bridgehead atoms. The molecule has 1 N–H and O–H groups in total. The Labute approximate surface area is 151 Å². The van der Waals surface area contributed by atoms with Gasteiger partial charge in [-0.1, -0.05) is 47.5 Å². The molecule has 0 amide bonds. The van der Waals surface area contributed by atoms with E-state index in [1.807, 2.05) is 19.9 Å². The summed E-state index contributed by atoms with van der Waals surface area (Å²) in [5.74, 6) is -2.16. The molecule has 0 atom stereocenters. The van der Waals surface area contributed by atoms with E-state index in [4.69, 9.17) is 0 Å². The molecule has 0 saturated heterocycles. The second-order valence-electron chi connectivity index (χ2n) is 6.11. The van der Waals surface area contributed by atoms with Gasteiger partial charge in [0.2, 0.25) is 0 Å². The van der Waals surface area contributed by atoms with Gasteiger partial charge in [0, 0.05) is 11.6 Å². The minimum Gasteiger partial charge on any atom is -0.279 e. The molecule has 0 aliphatic carbocycles. The summed E-state index contributed by atoms with van der Waals surface area (Å²) in [5.41, 5.74) is 2.73. The van der Waals surface area contributed by atoms with Crippen LogP contribution in [-0.4, -0.2) is 8.42 Å². The molecule has 0 fully saturated rings. The maximum Gasteiger partial charge on any atom is 0.261 e. The van der Waals surface area contributed by atoms with E-state index in [-0.39, 0.29) is 16.1 Å². The zero-order valence-electron chi connectivity index (χ0n) is 14.3. The molecule has 3 aromatic rings. The van der Waals surface area contributed by atoms with E-state index in [2.05, 4.69) is 4.72 Å². The van der Waals surface area contributed by atoms with E-state index in [1.54, 1.807) is 30.3 Å². The summed E-state index contributed by atoms with van der Waals surface area (Å²) in [6, 6.07) is 15.1. The van der Waals surface area contributed by atoms with Crippen LogP contribution in [0.1, 0.15) is 11.1 Å². The third kappa shape index (κ3) is 3.75. The van der Waals surface area contributed by atoms with Gasteiger partial charge in [-0.3, -0.25) is 4.72 Å². The summed E-state index contributed by atoms with van der Waals surface area (Å²) in [6.45, 7) is 3.76. The van der Waals surface area contributed by atoms with Gasteiger partial charge < -0.3 is 0 Å². The van der Waals surface area contributed by atoms with E-state index in [9.17, 15) is 17.2 Å². The van der Waals surface area contributed by atoms with Crippen molar-refractivity contribution in [2.24, 2.45) is 0 Å². The first-order valence-corrected chi connectivity index (χ1v) is 9.40. The lowest BCUT2D eigenvalue weighted by Crippen LogP contribution is -2.14. The fraction of sp³-hybridized carbons (Fsp3) is 0.100. The molecule has 0 heterocycles. The largest absolute Gasteiger partial charge is 0.279 e. The highest BCUT2D eigenvalue weighted by molar-refractivity contribution is 7.92. The third-order valence-corrected chi connectivity index (χ3v) is 5.27. The van der Waals surface area contributed by atoms with Gasteiger partial charge in [-0.15, -0.1) is 0 Å². The third-order valence-electron chi connectivity index (χ3n) is 3.89. The van der Waals surface area contributed by atoms with Crippen molar-refractivity contribution in [3.8, 4) is 11.1 Å². The first-order valence-electron chi connectivity index (χ1n) is 7.92. The number of rotatable bonds is 4. The number of hydrogen-bond donors (Lipinski definition) is 1. The second-order valence-corrected chi connectivity index (χ2v) is 7.79. The van der Waals surface area contributed by atoms with E-state index < -0.39 is 21.7 Å². The lowest BCUT2D eigenvalue weighted by atomic mass is 9.99. The fourth-order valence-corrected chi connectivity index (χ4v) is 3.90. The zero-order valence-corrected chi connectivity index (χ0v) is 15.1. The number of aryl methyl sites for hydroxylation is 2. The van der Waals surface area contributed by atoms with Crippen molar-refractivity contribution in [2.75, 3.05) is 4.72 Å². The van der Waals surface area contributed by atoms with Crippen LogP contribution >= 0.6 is 0 Å². The van der Waals surface area contributed by atoms with Crippen LogP contribution in [0.15, 0.2) is 65.6 Å². The van der Waals surface area contributed by atoms with Crippen molar-refractivity contribution in [1.29, 1.82) is 0 Å². The lowest BCUT2D eigenvalue weighted by molar-refractivity contribution is 0.509. The molecule has 26 heavy (non-hydrogen) atoms. The van der Waals surface area contributed by atoms with E-state index in [0.29, 0.717) is 5.56 Å². The molecule has 3 rings (SSSR count). The van der Waals surface area contributed by atoms with Gasteiger partial charge >= 0.3 is 0 Å². The molecule has 134 valence electrons. The number of hydrogen-bond acceptors (Lipinski definition) is 2. The minimum atomic E-state index is -3.93. The standard InChI is InChI=1S/C20H17F2NO2S/c1-13-8-14(2)10-15(9-13)17-11-18(21)19(22)12-20(17)23-26(24,25)16-6-4-3-5-7-16/h3-12,23H,1-2H3. The van der Waals surface area contributed by atoms with Crippen LogP contribution in [0.2, 0.25) is 0 Å². The highest BCUT2D eigenvalue weighted by atomic mass is 32.2. The number of halogens is 2. The second kappa shape index (κ2) is 6.88. The Hall–Kier alpha value is -2.73. The highest BCUT2D eigenvalue weighted by Crippen LogP contribution is 2.33. The van der Waals surface area contributed by atoms with Gasteiger partial charge in [0.25, 0.3) is 10.0 Å². The molecule has 3 nitrogen and oxygen atoms in total. The Morgan fingerprint density at radius 2 is 1.38 bits per heavy atom. The van der Waals surface area contributed by atoms with Crippen LogP contribution in [0.25, 0.3) is 11.1 Å². The normalized spacial score (nSPS) is 11.4. The first kappa shape index (κ1) is 18.1. The summed E-state index contributed by atoms with van der Waals surface area (Å²) in [4.78, 5) is 0.0381. The smallest absolute Gasteiger partial charge is 0.261 e. The molecule has 0 aromatic heterocycles. The molecular weight excluding hydrogens is 356 g/mol. The van der Waals surface area contributed by atoms with Crippen LogP contribution < -0.4 is 4.72 Å². The quantitative estimate of drug-likeness (QED) is 0.696. The van der Waals surface area contributed by atoms with Gasteiger partial charge in [0.05, 0.1) is 10.6 Å². The van der Waals surface area contributed by atoms with Gasteiger partial charge in [0.15, 0.2) is 11.6 Å². The van der Waals surface area contributed by atoms with Crippen molar-refractivity contribution in [3.05, 3.63) is 83.4 Å². The number of benzene rings is 3. The van der Waals surface area contributed by atoms with E-state index in [1.165, 1.54) is 12.1 Å². The maximum atomic E-state index is 13.8. The molecule has 0 spiro atoms. The topological polar surface area (TPSA) is 46.2 Å². The summed E-state index contributed by atoms with van der Waals surface area (Å²) in [5, 5.41) is 0. The Balaban J connectivity index is 2.14. The van der Waals surface area contributed by atoms with Crippen molar-refractivity contribution in [3.63, 3.8) is 0 Å². The lowest BCUT2D eigenvalue weighted by Gasteiger charge is -2.15. The van der Waals surface area contributed by atoms with Crippen molar-refractivity contribution in [2.45, 2.75) is 18.7 Å². The average molecular weight is 373 g/mol. The summed E-state index contributed by atoms with van der Waals surface area (Å²) in [6.07, 6.45) is 0. The highest BCUT2D eigenvalue weighted by Gasteiger charge is 2.19. The molecule has 0 radical (unpaired) electrons. The number of nitrogens with one attached hydrogen (secondary N) is 1. The molecule has 6 heteroatoms. The monoisotopic (exact) mass is 373 g/mol. The Bertz CT molecular complexity index is 1040. The predicted octanol–water partition coefficient (Wildman–Crippen LogP) is 5.05. The molecule has 3 aromatic carbocycles. The molecular formula is C20H17F2NO2S. The van der Waals surface area contributed by atoms with Crippen molar-refractivity contribution < 1.29 is 17.2 Å². The first-order chi connectivity index (χ1) is 12.3. The molecule has 0 unspecified atom stereocenters. The fourth-order valence-electron chi connectivity index (χ4n) is 2.80. The molecule has 0 saturated carbocycles. The number of anilines is 1. The van der Waals surface area contributed by atoms with Gasteiger partial charge in [0.1, 0.15) is 0 Å². The molecule has 0 aliphatic heterocycles. The van der Waals surface area contributed by atoms with E-state index >= 15 is 0 Å². The van der Waals surface area contributed by atoms with Crippen LogP contribution in [-0.2, 0) is 10.0 Å². The maximum absolute atomic E-state index is 13.8. The Morgan fingerprint density at radius 1 is 0.808 bits per heavy atom. The van der Waals surface area contributed by atoms with Crippen LogP contribution in [0.5, 0.6) is 0 Å². The summed E-state index contributed by atoms with van der Waals surface area (Å²) < 4.78 is 55.2. The summed E-state index contributed by atoms with van der Waals surface area (Å²) in [7, 11) is -3.93. The Kier molecular flexibility index (Phi) is 4.78. The van der Waals surface area contributed by atoms with Gasteiger partial charge in [-0.05, 0) is 37.6 Å². The minimum absolute atomic E-state index is 0.0160. The zero-order chi connectivity index (χ0) is 18.9. The van der Waals surface area contributed by atoms with Gasteiger partial charge in [-0.2, -0.15) is 0 Å². The summed E-state index contributed by atoms with van der Waals surface area (Å²) >= 11 is 0. The predicted molar refractivity (Wildman–Crippen MR) is 98.5 cm³/mol. The van der Waals surface area contributed by atoms with Crippen LogP contribution in [0.4, 0.5) is 14.5 Å². The average Bonchev–Trinajstić information content (AvgIpc) is 2.57. The van der Waals surface area contributed by atoms with Crippen LogP contribution in [0.3, 0.4) is 0 Å². The Morgan fingerprint density at radius 3 is 2.00 bits per heavy atom. The van der Waals surface area contributed by atoms with Crippen molar-refractivity contribution in [1.82, 2.24) is 0 Å². The van der Waals surface area contributed by atoms with Crippen LogP contribution in [0, 0.1) is 25.5 Å². The van der Waals surface area contributed by atoms with Gasteiger partial charge in [-0.25, -0.2) is 17.2 Å². The number of sulfonamides is 1. The van der Waals surface area contributed by atoms with E-state index in [0.717, 1.165) is 23.3 Å².